The number of carbonyl (C=O) groups excluding carboxylic acids is 1. The third-order valence-electron chi connectivity index (χ3n) is 7.72. The van der Waals surface area contributed by atoms with E-state index in [-0.39, 0.29) is 141 Å². The first-order valence-electron chi connectivity index (χ1n) is 16.0. The average molecular weight is 1120 g/mol. The van der Waals surface area contributed by atoms with E-state index >= 15 is 0 Å². The zero-order valence-electron chi connectivity index (χ0n) is 32.2. The van der Waals surface area contributed by atoms with Gasteiger partial charge in [0, 0.05) is 79.2 Å². The largest absolute Gasteiger partial charge is 1.00 e. The standard InChI is InChI=1S/C17H11BrF2N4O2S.C16H11BrN4O2S.CHClF2.CH2O3.2CH4.2K.H/c18-12-6-14-15(11-7-22-23(9-11)17(19)20)10-24(16(14)21-8-12)27(25,26)13-4-2-1-3-5-13;17-12-6-14-15(11-7-19-20-8-11)10-21(16(14)18-9-12)24(22,23)13-4-2-1-3-5-13;2-1(3)4;2-1-4-3;;;;;/h1-10,17H;1-10H,(H,19,20);1H;1,3H;2*1H4;;;/q;;;;;;2*+1;-1/p-1. The van der Waals surface area contributed by atoms with Gasteiger partial charge in [-0.1, -0.05) is 62.9 Å². The molecule has 26 heteroatoms. The van der Waals surface area contributed by atoms with Crippen molar-refractivity contribution in [3.8, 4) is 22.3 Å². The Kier molecular flexibility index (Phi) is 25.1. The van der Waals surface area contributed by atoms with Crippen LogP contribution >= 0.6 is 43.5 Å². The van der Waals surface area contributed by atoms with E-state index in [1.165, 1.54) is 40.9 Å². The number of aromatic nitrogens is 8. The number of benzene rings is 2. The molecule has 63 heavy (non-hydrogen) atoms. The number of hydrogen-bond acceptors (Lipinski definition) is 11. The van der Waals surface area contributed by atoms with Crippen molar-refractivity contribution in [2.45, 2.75) is 37.1 Å². The van der Waals surface area contributed by atoms with E-state index < -0.39 is 32.5 Å². The molecule has 0 aliphatic carbocycles. The van der Waals surface area contributed by atoms with Crippen LogP contribution in [-0.4, -0.2) is 67.1 Å². The summed E-state index contributed by atoms with van der Waals surface area (Å²) in [5, 5.41) is 20.0. The number of alkyl halides is 5. The third-order valence-corrected chi connectivity index (χ3v) is 11.9. The van der Waals surface area contributed by atoms with Crippen molar-refractivity contribution in [2.24, 2.45) is 0 Å². The quantitative estimate of drug-likeness (QED) is 0.0586. The van der Waals surface area contributed by atoms with E-state index in [9.17, 15) is 34.4 Å². The molecule has 0 amide bonds. The SMILES string of the molecule is C.C.FC(F)Cl.O=CO[O-].O=S(=O)(c1ccccc1)n1cc(-c2cn[nH]c2)c2cc(Br)cnc21.O=S(=O)(c1ccccc1)n1cc(-c2cnn(C(F)F)c2)c2cc(Br)cnc21.[H-].[K+].[K+]. The van der Waals surface area contributed by atoms with E-state index in [4.69, 9.17) is 10.1 Å². The fourth-order valence-electron chi connectivity index (χ4n) is 5.33. The molecule has 1 N–H and O–H groups in total. The fourth-order valence-corrected chi connectivity index (χ4v) is 8.68. The maximum atomic E-state index is 13.1. The van der Waals surface area contributed by atoms with Gasteiger partial charge in [0.25, 0.3) is 26.5 Å². The van der Waals surface area contributed by atoms with Gasteiger partial charge in [-0.3, -0.25) is 9.89 Å². The number of hydrogen-bond donors (Lipinski definition) is 1. The summed E-state index contributed by atoms with van der Waals surface area (Å²) in [6, 6.07) is 19.8. The van der Waals surface area contributed by atoms with Gasteiger partial charge in [-0.25, -0.2) is 39.4 Å². The molecule has 2 aromatic carbocycles. The molecule has 8 rings (SSSR count). The number of H-pyrrole nitrogens is 1. The monoisotopic (exact) mass is 1110 g/mol. The number of carbonyl (C=O) groups is 1. The number of nitrogens with zero attached hydrogens (tertiary/aromatic N) is 7. The van der Waals surface area contributed by atoms with Gasteiger partial charge in [-0.2, -0.15) is 27.8 Å². The molecule has 6 aromatic heterocycles. The second-order valence-electron chi connectivity index (χ2n) is 11.3. The maximum Gasteiger partial charge on any atom is 1.00 e. The Hall–Kier alpha value is -2.19. The Labute approximate surface area is 467 Å². The molecular formula is C37H33Br2ClF4K2N8O7S2. The molecule has 8 aromatic rings. The molecule has 0 spiro atoms. The van der Waals surface area contributed by atoms with Crippen molar-refractivity contribution >= 4 is 92.0 Å². The van der Waals surface area contributed by atoms with Crippen LogP contribution in [0.25, 0.3) is 44.3 Å². The topological polar surface area (TPSA) is 200 Å². The van der Waals surface area contributed by atoms with Crippen LogP contribution in [-0.2, 0) is 29.7 Å². The van der Waals surface area contributed by atoms with Crippen LogP contribution in [0.4, 0.5) is 17.6 Å². The van der Waals surface area contributed by atoms with E-state index in [2.05, 4.69) is 73.6 Å². The maximum absolute atomic E-state index is 13.1. The first-order chi connectivity index (χ1) is 28.1. The van der Waals surface area contributed by atoms with Gasteiger partial charge in [0.1, 0.15) is 0 Å². The van der Waals surface area contributed by atoms with Crippen molar-refractivity contribution in [1.82, 2.24) is 37.9 Å². The van der Waals surface area contributed by atoms with Gasteiger partial charge in [-0.05, 0) is 68.3 Å². The molecule has 0 atom stereocenters. The Morgan fingerprint density at radius 1 is 0.730 bits per heavy atom. The third kappa shape index (κ3) is 14.7. The molecule has 0 aliphatic heterocycles. The molecule has 0 unspecified atom stereocenters. The van der Waals surface area contributed by atoms with E-state index in [1.54, 1.807) is 79.4 Å². The number of aromatic amines is 1. The minimum atomic E-state index is -3.91. The summed E-state index contributed by atoms with van der Waals surface area (Å²) in [7, 11) is -7.65. The average Bonchev–Trinajstić information content (AvgIpc) is 4.05. The van der Waals surface area contributed by atoms with Crippen LogP contribution in [0.2, 0.25) is 0 Å². The van der Waals surface area contributed by atoms with Crippen molar-refractivity contribution in [3.05, 3.63) is 131 Å². The molecule has 15 nitrogen and oxygen atoms in total. The number of pyridine rings is 2. The molecule has 0 radical (unpaired) electrons. The predicted molar refractivity (Wildman–Crippen MR) is 227 cm³/mol. The summed E-state index contributed by atoms with van der Waals surface area (Å²) >= 11 is 10.6. The van der Waals surface area contributed by atoms with E-state index in [1.807, 2.05) is 6.07 Å². The fraction of sp³-hybridized carbons (Fsp3) is 0.108. The first kappa shape index (κ1) is 58.8. The van der Waals surface area contributed by atoms with Crippen LogP contribution < -0.4 is 108 Å². The summed E-state index contributed by atoms with van der Waals surface area (Å²) < 4.78 is 102. The van der Waals surface area contributed by atoms with Crippen molar-refractivity contribution in [1.29, 1.82) is 0 Å². The van der Waals surface area contributed by atoms with Crippen molar-refractivity contribution < 1.29 is 154 Å². The summed E-state index contributed by atoms with van der Waals surface area (Å²) in [6.07, 6.45) is 11.8. The minimum absolute atomic E-state index is 0. The van der Waals surface area contributed by atoms with Crippen LogP contribution in [0.1, 0.15) is 22.8 Å². The summed E-state index contributed by atoms with van der Waals surface area (Å²) in [5.41, 5.74) is 2.90. The van der Waals surface area contributed by atoms with Gasteiger partial charge in [-0.15, -0.1) is 0 Å². The molecule has 6 heterocycles. The number of rotatable bonds is 8. The van der Waals surface area contributed by atoms with Crippen LogP contribution in [0.15, 0.2) is 141 Å². The Balaban J connectivity index is 0.000000999. The minimum Gasteiger partial charge on any atom is -1.00 e. The molecule has 0 saturated heterocycles. The molecular weight excluding hydrogens is 1080 g/mol. The molecule has 0 fully saturated rings. The van der Waals surface area contributed by atoms with Gasteiger partial charge in [0.2, 0.25) is 0 Å². The second kappa shape index (κ2) is 26.8. The van der Waals surface area contributed by atoms with Gasteiger partial charge in [0.15, 0.2) is 11.3 Å². The van der Waals surface area contributed by atoms with Gasteiger partial charge >= 0.3 is 115 Å². The smallest absolute Gasteiger partial charge is 1.00 e. The molecule has 0 bridgehead atoms. The first-order valence-corrected chi connectivity index (χ1v) is 20.9. The van der Waals surface area contributed by atoms with Crippen LogP contribution in [0.3, 0.4) is 0 Å². The summed E-state index contributed by atoms with van der Waals surface area (Å²) in [4.78, 5) is 20.1. The zero-order valence-corrected chi connectivity index (χ0v) is 43.0. The number of halogens is 7. The van der Waals surface area contributed by atoms with Gasteiger partial charge < -0.3 is 11.6 Å². The van der Waals surface area contributed by atoms with Crippen LogP contribution in [0.5, 0.6) is 0 Å². The zero-order chi connectivity index (χ0) is 42.9. The predicted octanol–water partition coefficient (Wildman–Crippen LogP) is 3.00. The van der Waals surface area contributed by atoms with Crippen LogP contribution in [0, 0.1) is 0 Å². The normalized spacial score (nSPS) is 10.6. The molecule has 0 saturated carbocycles. The van der Waals surface area contributed by atoms with E-state index in [0.29, 0.717) is 31.3 Å². The Morgan fingerprint density at radius 3 is 1.49 bits per heavy atom. The number of fused-ring (bicyclic) bond motifs is 2. The van der Waals surface area contributed by atoms with Crippen molar-refractivity contribution in [3.63, 3.8) is 0 Å². The van der Waals surface area contributed by atoms with Crippen molar-refractivity contribution in [2.75, 3.05) is 0 Å². The summed E-state index contributed by atoms with van der Waals surface area (Å²) in [6.45, 7) is -2.97. The molecule has 326 valence electrons. The van der Waals surface area contributed by atoms with E-state index in [0.717, 1.165) is 25.0 Å². The Bertz CT molecular complexity index is 2910. The number of nitrogens with one attached hydrogen (secondary N) is 1. The molecule has 0 aliphatic rings. The second-order valence-corrected chi connectivity index (χ2v) is 17.1. The van der Waals surface area contributed by atoms with Gasteiger partial charge in [0.05, 0.1) is 22.2 Å². The summed E-state index contributed by atoms with van der Waals surface area (Å²) in [5.74, 6) is -2.69. The Morgan fingerprint density at radius 2 is 1.14 bits per heavy atom.